The number of H-pyrrole nitrogens is 1. The van der Waals surface area contributed by atoms with Gasteiger partial charge in [0.15, 0.2) is 0 Å². The zero-order valence-electron chi connectivity index (χ0n) is 12.4. The summed E-state index contributed by atoms with van der Waals surface area (Å²) in [5.41, 5.74) is 9.61. The molecule has 2 atom stereocenters. The van der Waals surface area contributed by atoms with Crippen molar-refractivity contribution in [3.05, 3.63) is 52.8 Å². The molecule has 0 amide bonds. The predicted molar refractivity (Wildman–Crippen MR) is 89.9 cm³/mol. The number of aromatic amines is 1. The van der Waals surface area contributed by atoms with Gasteiger partial charge in [0.1, 0.15) is 11.3 Å². The molecule has 0 unspecified atom stereocenters. The molecule has 0 saturated carbocycles. The third-order valence-electron chi connectivity index (χ3n) is 3.77. The topological polar surface area (TPSA) is 98.7 Å². The number of imidazole rings is 1. The Morgan fingerprint density at radius 3 is 2.57 bits per heavy atom. The summed E-state index contributed by atoms with van der Waals surface area (Å²) in [5, 5.41) is 19.0. The lowest BCUT2D eigenvalue weighted by atomic mass is 10.0. The van der Waals surface area contributed by atoms with Crippen LogP contribution in [-0.4, -0.2) is 21.2 Å². The number of nitriles is 1. The number of aromatic nitrogens is 2. The van der Waals surface area contributed by atoms with Crippen molar-refractivity contribution in [2.45, 2.75) is 19.1 Å². The molecule has 0 aliphatic heterocycles. The molecule has 1 aromatic heterocycles. The Balaban J connectivity index is 2.09. The molecule has 0 radical (unpaired) electrons. The van der Waals surface area contributed by atoms with E-state index in [1.165, 1.54) is 0 Å². The molecule has 0 aliphatic rings. The number of benzene rings is 2. The van der Waals surface area contributed by atoms with Crippen molar-refractivity contribution >= 4 is 22.6 Å². The highest BCUT2D eigenvalue weighted by atomic mass is 35.5. The van der Waals surface area contributed by atoms with Crippen LogP contribution in [0.1, 0.15) is 24.4 Å². The summed E-state index contributed by atoms with van der Waals surface area (Å²) in [6.07, 6.45) is -0.715. The number of nitrogens with two attached hydrogens (primary N) is 1. The summed E-state index contributed by atoms with van der Waals surface area (Å²) in [6, 6.07) is 12.4. The molecule has 2 aromatic carbocycles. The van der Waals surface area contributed by atoms with Gasteiger partial charge in [0.25, 0.3) is 0 Å². The van der Waals surface area contributed by atoms with Crippen LogP contribution in [0.2, 0.25) is 5.02 Å². The fourth-order valence-electron chi connectivity index (χ4n) is 2.39. The maximum absolute atomic E-state index is 9.61. The molecule has 0 fully saturated rings. The van der Waals surface area contributed by atoms with Crippen LogP contribution in [0, 0.1) is 11.3 Å². The highest BCUT2D eigenvalue weighted by Crippen LogP contribution is 2.34. The molecule has 0 bridgehead atoms. The summed E-state index contributed by atoms with van der Waals surface area (Å²) in [5.74, 6) is 0.494. The van der Waals surface area contributed by atoms with Gasteiger partial charge < -0.3 is 15.8 Å². The maximum atomic E-state index is 9.61. The molecule has 5 nitrogen and oxygen atoms in total. The zero-order chi connectivity index (χ0) is 16.6. The molecule has 116 valence electrons. The average molecular weight is 327 g/mol. The first kappa shape index (κ1) is 15.5. The Kier molecular flexibility index (Phi) is 4.05. The van der Waals surface area contributed by atoms with Gasteiger partial charge in [0.2, 0.25) is 0 Å². The van der Waals surface area contributed by atoms with E-state index in [2.05, 4.69) is 16.0 Å². The van der Waals surface area contributed by atoms with Crippen LogP contribution in [0.5, 0.6) is 0 Å². The van der Waals surface area contributed by atoms with E-state index in [4.69, 9.17) is 22.6 Å². The van der Waals surface area contributed by atoms with E-state index in [-0.39, 0.29) is 0 Å². The van der Waals surface area contributed by atoms with Gasteiger partial charge in [0, 0.05) is 5.56 Å². The summed E-state index contributed by atoms with van der Waals surface area (Å²) in [7, 11) is 0. The van der Waals surface area contributed by atoms with Crippen LogP contribution in [-0.2, 0) is 0 Å². The van der Waals surface area contributed by atoms with E-state index in [1.54, 1.807) is 19.1 Å². The minimum Gasteiger partial charge on any atom is -0.391 e. The first-order valence-corrected chi connectivity index (χ1v) is 7.51. The van der Waals surface area contributed by atoms with Gasteiger partial charge in [-0.3, -0.25) is 0 Å². The number of halogens is 1. The van der Waals surface area contributed by atoms with Crippen molar-refractivity contribution < 1.29 is 5.11 Å². The molecule has 4 N–H and O–H groups in total. The Morgan fingerprint density at radius 1 is 1.26 bits per heavy atom. The molecule has 0 saturated heterocycles. The van der Waals surface area contributed by atoms with Gasteiger partial charge in [-0.25, -0.2) is 4.98 Å². The Labute approximate surface area is 138 Å². The molecule has 0 aliphatic carbocycles. The van der Waals surface area contributed by atoms with E-state index in [0.29, 0.717) is 21.9 Å². The van der Waals surface area contributed by atoms with Crippen LogP contribution < -0.4 is 5.73 Å². The molecule has 23 heavy (non-hydrogen) atoms. The van der Waals surface area contributed by atoms with Crippen molar-refractivity contribution in [1.82, 2.24) is 9.97 Å². The fourth-order valence-corrected chi connectivity index (χ4v) is 2.71. The summed E-state index contributed by atoms with van der Waals surface area (Å²) < 4.78 is 0. The zero-order valence-corrected chi connectivity index (χ0v) is 13.2. The molecule has 0 spiro atoms. The van der Waals surface area contributed by atoms with E-state index < -0.39 is 12.1 Å². The Bertz CT molecular complexity index is 893. The highest BCUT2D eigenvalue weighted by Gasteiger charge is 2.18. The van der Waals surface area contributed by atoms with E-state index >= 15 is 0 Å². The van der Waals surface area contributed by atoms with Crippen molar-refractivity contribution in [1.29, 1.82) is 5.26 Å². The lowest BCUT2D eigenvalue weighted by Crippen LogP contribution is -2.24. The summed E-state index contributed by atoms with van der Waals surface area (Å²) in [6.45, 7) is 1.61. The molecule has 6 heteroatoms. The summed E-state index contributed by atoms with van der Waals surface area (Å²) >= 11 is 6.50. The normalized spacial score (nSPS) is 13.7. The largest absolute Gasteiger partial charge is 0.391 e. The van der Waals surface area contributed by atoms with E-state index in [9.17, 15) is 5.11 Å². The van der Waals surface area contributed by atoms with Gasteiger partial charge in [0.05, 0.1) is 34.3 Å². The molecular formula is C17H15ClN4O. The number of nitrogens with one attached hydrogen (secondary N) is 1. The predicted octanol–water partition coefficient (Wildman–Crippen LogP) is 3.14. The number of fused-ring (bicyclic) bond motifs is 1. The average Bonchev–Trinajstić information content (AvgIpc) is 2.99. The van der Waals surface area contributed by atoms with Gasteiger partial charge in [-0.1, -0.05) is 29.8 Å². The first-order chi connectivity index (χ1) is 11.0. The Hall–Kier alpha value is -2.39. The maximum Gasteiger partial charge on any atom is 0.126 e. The fraction of sp³-hybridized carbons (Fsp3) is 0.176. The monoisotopic (exact) mass is 326 g/mol. The quantitative estimate of drug-likeness (QED) is 0.688. The number of aliphatic hydroxyl groups excluding tert-OH is 1. The molecular weight excluding hydrogens is 312 g/mol. The molecule has 3 rings (SSSR count). The number of nitrogens with zero attached hydrogens (tertiary/aromatic N) is 2. The SMILES string of the molecule is C[C@@H](O)[C@H](N)c1nc2c(Cl)c(-c3ccc(C#N)cc3)ccc2[nH]1. The van der Waals surface area contributed by atoms with Crippen molar-refractivity contribution in [3.63, 3.8) is 0 Å². The number of aliphatic hydroxyl groups is 1. The second kappa shape index (κ2) is 6.01. The Morgan fingerprint density at radius 2 is 1.96 bits per heavy atom. The van der Waals surface area contributed by atoms with Crippen LogP contribution in [0.15, 0.2) is 36.4 Å². The van der Waals surface area contributed by atoms with Gasteiger partial charge in [-0.2, -0.15) is 5.26 Å². The second-order valence-corrected chi connectivity index (χ2v) is 5.78. The second-order valence-electron chi connectivity index (χ2n) is 5.40. The minimum atomic E-state index is -0.715. The van der Waals surface area contributed by atoms with E-state index in [0.717, 1.165) is 16.6 Å². The summed E-state index contributed by atoms with van der Waals surface area (Å²) in [4.78, 5) is 7.52. The molecule has 3 aromatic rings. The van der Waals surface area contributed by atoms with Gasteiger partial charge >= 0.3 is 0 Å². The van der Waals surface area contributed by atoms with Crippen molar-refractivity contribution in [2.75, 3.05) is 0 Å². The third-order valence-corrected chi connectivity index (χ3v) is 4.15. The standard InChI is InChI=1S/C17H15ClN4O/c1-9(23)15(20)17-21-13-7-6-12(14(18)16(13)22-17)11-4-2-10(8-19)3-5-11/h2-7,9,15,23H,20H2,1H3,(H,21,22)/t9-,15+/m1/s1. The highest BCUT2D eigenvalue weighted by molar-refractivity contribution is 6.37. The van der Waals surface area contributed by atoms with E-state index in [1.807, 2.05) is 24.3 Å². The number of rotatable bonds is 3. The van der Waals surface area contributed by atoms with Crippen LogP contribution >= 0.6 is 11.6 Å². The van der Waals surface area contributed by atoms with Gasteiger partial charge in [-0.05, 0) is 30.7 Å². The van der Waals surface area contributed by atoms with Crippen molar-refractivity contribution in [2.24, 2.45) is 5.73 Å². The lowest BCUT2D eigenvalue weighted by Gasteiger charge is -2.10. The third kappa shape index (κ3) is 2.80. The van der Waals surface area contributed by atoms with Crippen LogP contribution in [0.3, 0.4) is 0 Å². The lowest BCUT2D eigenvalue weighted by molar-refractivity contribution is 0.161. The smallest absolute Gasteiger partial charge is 0.126 e. The number of hydrogen-bond donors (Lipinski definition) is 3. The van der Waals surface area contributed by atoms with Crippen LogP contribution in [0.4, 0.5) is 0 Å². The van der Waals surface area contributed by atoms with Crippen molar-refractivity contribution in [3.8, 4) is 17.2 Å². The minimum absolute atomic E-state index is 0.494. The van der Waals surface area contributed by atoms with Gasteiger partial charge in [-0.15, -0.1) is 0 Å². The molecule has 1 heterocycles. The van der Waals surface area contributed by atoms with Crippen LogP contribution in [0.25, 0.3) is 22.2 Å². The first-order valence-electron chi connectivity index (χ1n) is 7.13. The number of hydrogen-bond acceptors (Lipinski definition) is 4.